The lowest BCUT2D eigenvalue weighted by molar-refractivity contribution is -0.654. The lowest BCUT2D eigenvalue weighted by Crippen LogP contribution is -2.35. The molecule has 0 bridgehead atoms. The molecule has 0 saturated carbocycles. The van der Waals surface area contributed by atoms with E-state index in [0.29, 0.717) is 21.6 Å². The van der Waals surface area contributed by atoms with E-state index in [0.717, 1.165) is 16.7 Å². The molecule has 1 heterocycles. The number of nitrogens with zero attached hydrogens (tertiary/aromatic N) is 3. The third kappa shape index (κ3) is 2.20. The van der Waals surface area contributed by atoms with E-state index in [1.54, 1.807) is 19.2 Å². The first-order valence-corrected chi connectivity index (χ1v) is 6.41. The van der Waals surface area contributed by atoms with E-state index < -0.39 is 0 Å². The summed E-state index contributed by atoms with van der Waals surface area (Å²) in [5.74, 6) is 0.474. The van der Waals surface area contributed by atoms with Crippen molar-refractivity contribution in [2.45, 2.75) is 6.92 Å². The maximum atomic E-state index is 11.5. The second kappa shape index (κ2) is 4.90. The second-order valence-electron chi connectivity index (χ2n) is 4.70. The summed E-state index contributed by atoms with van der Waals surface area (Å²) < 4.78 is 5.44. The number of nitrogen functional groups attached to an aromatic ring is 1. The standard InChI is InChI=1S/C15H14N4O2/c1-9-5-3-4-6-10(9)11-7-13-12(8-14(11)21-2)17-15(16)19(20)18-13/h3-8H,1-2H3,(H2,16,17). The number of anilines is 1. The maximum Gasteiger partial charge on any atom is 0.410 e. The van der Waals surface area contributed by atoms with Gasteiger partial charge in [-0.3, -0.25) is 5.73 Å². The molecule has 1 aromatic heterocycles. The van der Waals surface area contributed by atoms with Gasteiger partial charge in [0.25, 0.3) is 0 Å². The number of nitrogens with two attached hydrogens (primary N) is 1. The average molecular weight is 282 g/mol. The zero-order valence-corrected chi connectivity index (χ0v) is 11.7. The molecule has 0 aliphatic carbocycles. The Labute approximate surface area is 121 Å². The van der Waals surface area contributed by atoms with Gasteiger partial charge in [-0.2, -0.15) is 0 Å². The minimum atomic E-state index is -0.187. The van der Waals surface area contributed by atoms with Crippen LogP contribution >= 0.6 is 0 Å². The van der Waals surface area contributed by atoms with Crippen LogP contribution in [-0.4, -0.2) is 17.2 Å². The van der Waals surface area contributed by atoms with Crippen LogP contribution in [0, 0.1) is 12.1 Å². The quantitative estimate of drug-likeness (QED) is 0.572. The van der Waals surface area contributed by atoms with E-state index in [1.807, 2.05) is 31.2 Å². The zero-order chi connectivity index (χ0) is 15.0. The molecule has 3 rings (SSSR count). The Bertz CT molecular complexity index is 833. The summed E-state index contributed by atoms with van der Waals surface area (Å²) in [4.78, 5) is 4.34. The number of hydrogen-bond acceptors (Lipinski definition) is 5. The molecule has 21 heavy (non-hydrogen) atoms. The van der Waals surface area contributed by atoms with E-state index in [9.17, 15) is 5.21 Å². The number of hydrogen-bond donors (Lipinski definition) is 1. The van der Waals surface area contributed by atoms with Crippen molar-refractivity contribution in [1.82, 2.24) is 10.1 Å². The van der Waals surface area contributed by atoms with Crippen LogP contribution in [0.15, 0.2) is 36.4 Å². The van der Waals surface area contributed by atoms with Crippen molar-refractivity contribution in [1.29, 1.82) is 0 Å². The first-order valence-electron chi connectivity index (χ1n) is 6.41. The van der Waals surface area contributed by atoms with Crippen molar-refractivity contribution in [3.05, 3.63) is 47.2 Å². The normalized spacial score (nSPS) is 10.8. The molecule has 0 radical (unpaired) electrons. The van der Waals surface area contributed by atoms with Crippen LogP contribution in [-0.2, 0) is 0 Å². The van der Waals surface area contributed by atoms with Crippen molar-refractivity contribution in [2.24, 2.45) is 0 Å². The third-order valence-electron chi connectivity index (χ3n) is 3.36. The Balaban J connectivity index is 2.32. The predicted octanol–water partition coefficient (Wildman–Crippen LogP) is 1.83. The SMILES string of the molecule is COc1cc2nc(N)[n+]([O-])nc2cc1-c1ccccc1C. The van der Waals surface area contributed by atoms with Crippen molar-refractivity contribution < 1.29 is 9.58 Å². The van der Waals surface area contributed by atoms with Gasteiger partial charge >= 0.3 is 5.95 Å². The van der Waals surface area contributed by atoms with E-state index >= 15 is 0 Å². The number of aryl methyl sites for hydroxylation is 1. The lowest BCUT2D eigenvalue weighted by Gasteiger charge is -2.12. The molecule has 0 fully saturated rings. The highest BCUT2D eigenvalue weighted by Gasteiger charge is 2.15. The average Bonchev–Trinajstić information content (AvgIpc) is 2.48. The number of aromatic nitrogens is 3. The second-order valence-corrected chi connectivity index (χ2v) is 4.70. The Morgan fingerprint density at radius 3 is 2.62 bits per heavy atom. The fourth-order valence-corrected chi connectivity index (χ4v) is 2.30. The molecule has 0 spiro atoms. The fraction of sp³-hybridized carbons (Fsp3) is 0.133. The minimum Gasteiger partial charge on any atom is -0.722 e. The van der Waals surface area contributed by atoms with Crippen LogP contribution in [0.4, 0.5) is 5.95 Å². The molecule has 0 atom stereocenters. The summed E-state index contributed by atoms with van der Waals surface area (Å²) in [5, 5.41) is 15.4. The molecule has 0 saturated heterocycles. The fourth-order valence-electron chi connectivity index (χ4n) is 2.30. The van der Waals surface area contributed by atoms with Crippen LogP contribution in [0.5, 0.6) is 5.75 Å². The Morgan fingerprint density at radius 1 is 1.14 bits per heavy atom. The van der Waals surface area contributed by atoms with Gasteiger partial charge < -0.3 is 9.94 Å². The molecule has 6 nitrogen and oxygen atoms in total. The van der Waals surface area contributed by atoms with E-state index in [2.05, 4.69) is 10.1 Å². The van der Waals surface area contributed by atoms with Crippen LogP contribution < -0.4 is 15.3 Å². The van der Waals surface area contributed by atoms with Crippen molar-refractivity contribution >= 4 is 17.0 Å². The van der Waals surface area contributed by atoms with Crippen molar-refractivity contribution in [3.8, 4) is 16.9 Å². The van der Waals surface area contributed by atoms with E-state index in [1.165, 1.54) is 0 Å². The molecule has 0 aliphatic rings. The number of methoxy groups -OCH3 is 1. The molecule has 0 unspecified atom stereocenters. The molecule has 0 amide bonds. The van der Waals surface area contributed by atoms with E-state index in [4.69, 9.17) is 10.5 Å². The highest BCUT2D eigenvalue weighted by atomic mass is 16.5. The zero-order valence-electron chi connectivity index (χ0n) is 11.7. The maximum absolute atomic E-state index is 11.5. The summed E-state index contributed by atoms with van der Waals surface area (Å²) in [6, 6.07) is 11.5. The molecule has 3 aromatic rings. The van der Waals surface area contributed by atoms with Crippen LogP contribution in [0.1, 0.15) is 5.56 Å². The molecule has 2 aromatic carbocycles. The number of ether oxygens (including phenoxy) is 1. The number of benzene rings is 2. The summed E-state index contributed by atoms with van der Waals surface area (Å²) >= 11 is 0. The topological polar surface area (TPSA) is 88.0 Å². The monoisotopic (exact) mass is 282 g/mol. The van der Waals surface area contributed by atoms with Crippen molar-refractivity contribution in [2.75, 3.05) is 12.8 Å². The largest absolute Gasteiger partial charge is 0.722 e. The Kier molecular flexibility index (Phi) is 3.06. The van der Waals surface area contributed by atoms with Crippen LogP contribution in [0.3, 0.4) is 0 Å². The van der Waals surface area contributed by atoms with Gasteiger partial charge in [-0.25, -0.2) is 0 Å². The van der Waals surface area contributed by atoms with Gasteiger partial charge in [-0.1, -0.05) is 29.2 Å². The van der Waals surface area contributed by atoms with Gasteiger partial charge in [0, 0.05) is 11.6 Å². The third-order valence-corrected chi connectivity index (χ3v) is 3.36. The molecular weight excluding hydrogens is 268 g/mol. The number of rotatable bonds is 2. The molecule has 2 N–H and O–H groups in total. The number of fused-ring (bicyclic) bond motifs is 1. The first kappa shape index (κ1) is 13.1. The van der Waals surface area contributed by atoms with Gasteiger partial charge in [-0.15, -0.1) is 9.94 Å². The minimum absolute atomic E-state index is 0.187. The van der Waals surface area contributed by atoms with Crippen LogP contribution in [0.25, 0.3) is 22.2 Å². The lowest BCUT2D eigenvalue weighted by atomic mass is 9.99. The molecule has 106 valence electrons. The molecule has 0 aliphatic heterocycles. The summed E-state index contributed by atoms with van der Waals surface area (Å²) in [6.07, 6.45) is 0. The van der Waals surface area contributed by atoms with Gasteiger partial charge in [0.1, 0.15) is 11.3 Å². The molecule has 6 heteroatoms. The van der Waals surface area contributed by atoms with Gasteiger partial charge in [0.2, 0.25) is 0 Å². The Hall–Kier alpha value is -2.89. The van der Waals surface area contributed by atoms with E-state index in [-0.39, 0.29) is 5.95 Å². The Morgan fingerprint density at radius 2 is 1.90 bits per heavy atom. The van der Waals surface area contributed by atoms with Gasteiger partial charge in [0.15, 0.2) is 5.52 Å². The van der Waals surface area contributed by atoms with Gasteiger partial charge in [0.05, 0.1) is 7.11 Å². The summed E-state index contributed by atoms with van der Waals surface area (Å²) in [6.45, 7) is 2.02. The predicted molar refractivity (Wildman–Crippen MR) is 79.6 cm³/mol. The van der Waals surface area contributed by atoms with Crippen molar-refractivity contribution in [3.63, 3.8) is 0 Å². The highest BCUT2D eigenvalue weighted by Crippen LogP contribution is 2.34. The first-order chi connectivity index (χ1) is 10.1. The van der Waals surface area contributed by atoms with Crippen LogP contribution in [0.2, 0.25) is 0 Å². The highest BCUT2D eigenvalue weighted by molar-refractivity contribution is 5.86. The summed E-state index contributed by atoms with van der Waals surface area (Å²) in [7, 11) is 1.59. The molecular formula is C15H14N4O2. The smallest absolute Gasteiger partial charge is 0.410 e. The van der Waals surface area contributed by atoms with Gasteiger partial charge in [-0.05, 0) is 24.1 Å². The summed E-state index contributed by atoms with van der Waals surface area (Å²) in [5.41, 5.74) is 9.47.